The van der Waals surface area contributed by atoms with Crippen LogP contribution in [0.5, 0.6) is 0 Å². The van der Waals surface area contributed by atoms with E-state index in [2.05, 4.69) is 20.4 Å². The van der Waals surface area contributed by atoms with Crippen molar-refractivity contribution in [1.29, 1.82) is 0 Å². The van der Waals surface area contributed by atoms with Crippen molar-refractivity contribution in [3.8, 4) is 0 Å². The topological polar surface area (TPSA) is 94.4 Å². The zero-order chi connectivity index (χ0) is 21.4. The summed E-state index contributed by atoms with van der Waals surface area (Å²) in [6, 6.07) is 10.3. The molecule has 0 aliphatic heterocycles. The molecule has 1 amide bonds. The van der Waals surface area contributed by atoms with Crippen molar-refractivity contribution in [1.82, 2.24) is 0 Å². The maximum absolute atomic E-state index is 12.2. The summed E-state index contributed by atoms with van der Waals surface area (Å²) in [5.74, 6) is -1.45. The molecule has 0 saturated heterocycles. The highest BCUT2D eigenvalue weighted by Crippen LogP contribution is 2.34. The lowest BCUT2D eigenvalue weighted by Gasteiger charge is -2.22. The fourth-order valence-electron chi connectivity index (χ4n) is 2.60. The molecule has 0 atom stereocenters. The van der Waals surface area contributed by atoms with E-state index >= 15 is 0 Å². The number of aliphatic carboxylic acids is 1. The number of hydrogen-bond donors (Lipinski definition) is 2. The summed E-state index contributed by atoms with van der Waals surface area (Å²) in [4.78, 5) is 25.0. The van der Waals surface area contributed by atoms with Crippen LogP contribution in [0.15, 0.2) is 46.6 Å². The Labute approximate surface area is 179 Å². The Bertz CT molecular complexity index is 915. The number of benzene rings is 2. The number of carbonyl (C=O) groups excluding carboxylic acids is 1. The highest BCUT2D eigenvalue weighted by Gasteiger charge is 2.12. The molecule has 0 aliphatic rings. The number of nitrogens with one attached hydrogen (secondary N) is 1. The molecule has 29 heavy (non-hydrogen) atoms. The van der Waals surface area contributed by atoms with Crippen molar-refractivity contribution in [3.63, 3.8) is 0 Å². The van der Waals surface area contributed by atoms with E-state index in [9.17, 15) is 9.59 Å². The Morgan fingerprint density at radius 2 is 1.69 bits per heavy atom. The Morgan fingerprint density at radius 1 is 1.00 bits per heavy atom. The Balaban J connectivity index is 2.36. The number of carboxylic acids is 1. The molecular weight excluding hydrogens is 415 g/mol. The summed E-state index contributed by atoms with van der Waals surface area (Å²) in [7, 11) is 0. The van der Waals surface area contributed by atoms with E-state index in [0.717, 1.165) is 18.8 Å². The molecule has 0 fully saturated rings. The summed E-state index contributed by atoms with van der Waals surface area (Å²) in [6.07, 6.45) is -0.391. The average molecular weight is 437 g/mol. The average Bonchev–Trinajstić information content (AvgIpc) is 2.69. The number of carboxylic acid groups (broad SMARTS) is 1. The molecule has 0 bridgehead atoms. The van der Waals surface area contributed by atoms with Gasteiger partial charge in [-0.05, 0) is 50.2 Å². The van der Waals surface area contributed by atoms with Gasteiger partial charge in [-0.1, -0.05) is 23.2 Å². The van der Waals surface area contributed by atoms with Crippen LogP contribution in [0.25, 0.3) is 0 Å². The number of nitrogens with zero attached hydrogens (tertiary/aromatic N) is 3. The van der Waals surface area contributed by atoms with Gasteiger partial charge in [0.1, 0.15) is 11.4 Å². The molecule has 2 aromatic carbocycles. The number of rotatable bonds is 9. The minimum absolute atomic E-state index is 0.137. The summed E-state index contributed by atoms with van der Waals surface area (Å²) in [5, 5.41) is 20.7. The lowest BCUT2D eigenvalue weighted by molar-refractivity contribution is -0.138. The van der Waals surface area contributed by atoms with E-state index in [0.29, 0.717) is 27.1 Å². The molecule has 0 aromatic heterocycles. The minimum atomic E-state index is -1.03. The quantitative estimate of drug-likeness (QED) is 0.467. The van der Waals surface area contributed by atoms with Crippen LogP contribution >= 0.6 is 23.2 Å². The number of amides is 1. The second-order valence-corrected chi connectivity index (χ2v) is 6.96. The van der Waals surface area contributed by atoms with Crippen LogP contribution in [-0.4, -0.2) is 30.1 Å². The van der Waals surface area contributed by atoms with Gasteiger partial charge in [-0.15, -0.1) is 10.2 Å². The van der Waals surface area contributed by atoms with Crippen LogP contribution in [0.1, 0.15) is 26.7 Å². The molecule has 0 heterocycles. The molecule has 0 aliphatic carbocycles. The molecule has 2 aromatic rings. The highest BCUT2D eigenvalue weighted by atomic mass is 35.5. The van der Waals surface area contributed by atoms with Crippen LogP contribution in [0.4, 0.5) is 22.7 Å². The first kappa shape index (κ1) is 22.6. The van der Waals surface area contributed by atoms with Crippen LogP contribution < -0.4 is 10.2 Å². The van der Waals surface area contributed by atoms with Crippen molar-refractivity contribution in [2.45, 2.75) is 26.7 Å². The van der Waals surface area contributed by atoms with E-state index in [-0.39, 0.29) is 12.8 Å². The third-order valence-electron chi connectivity index (χ3n) is 4.12. The van der Waals surface area contributed by atoms with Gasteiger partial charge in [0.2, 0.25) is 5.91 Å². The van der Waals surface area contributed by atoms with Crippen molar-refractivity contribution >= 4 is 57.8 Å². The molecule has 2 N–H and O–H groups in total. The van der Waals surface area contributed by atoms with Crippen LogP contribution in [0.3, 0.4) is 0 Å². The zero-order valence-corrected chi connectivity index (χ0v) is 17.7. The largest absolute Gasteiger partial charge is 0.481 e. The Hall–Kier alpha value is -2.64. The van der Waals surface area contributed by atoms with E-state index in [1.165, 1.54) is 0 Å². The smallest absolute Gasteiger partial charge is 0.303 e. The zero-order valence-electron chi connectivity index (χ0n) is 16.2. The van der Waals surface area contributed by atoms with Gasteiger partial charge in [0.15, 0.2) is 0 Å². The Morgan fingerprint density at radius 3 is 2.34 bits per heavy atom. The molecule has 0 spiro atoms. The second-order valence-electron chi connectivity index (χ2n) is 6.11. The van der Waals surface area contributed by atoms with Gasteiger partial charge in [0.05, 0.1) is 17.1 Å². The molecule has 7 nitrogen and oxygen atoms in total. The van der Waals surface area contributed by atoms with Gasteiger partial charge in [-0.3, -0.25) is 9.59 Å². The SMILES string of the molecule is CCN(CC)c1ccc(/N=N/c2cc(Cl)ccc2Cl)c(NC(=O)CCC(=O)O)c1. The first-order valence-corrected chi connectivity index (χ1v) is 9.87. The van der Waals surface area contributed by atoms with Gasteiger partial charge in [-0.25, -0.2) is 0 Å². The lowest BCUT2D eigenvalue weighted by atomic mass is 10.2. The minimum Gasteiger partial charge on any atom is -0.481 e. The lowest BCUT2D eigenvalue weighted by Crippen LogP contribution is -2.22. The molecule has 0 saturated carbocycles. The summed E-state index contributed by atoms with van der Waals surface area (Å²) < 4.78 is 0. The second kappa shape index (κ2) is 10.8. The maximum Gasteiger partial charge on any atom is 0.303 e. The first-order valence-electron chi connectivity index (χ1n) is 9.11. The molecule has 0 unspecified atom stereocenters. The monoisotopic (exact) mass is 436 g/mol. The van der Waals surface area contributed by atoms with Gasteiger partial charge in [0.25, 0.3) is 0 Å². The van der Waals surface area contributed by atoms with Gasteiger partial charge in [0, 0.05) is 30.2 Å². The van der Waals surface area contributed by atoms with Gasteiger partial charge in [-0.2, -0.15) is 0 Å². The maximum atomic E-state index is 12.2. The van der Waals surface area contributed by atoms with Gasteiger partial charge >= 0.3 is 5.97 Å². The molecule has 2 rings (SSSR count). The fraction of sp³-hybridized carbons (Fsp3) is 0.300. The first-order chi connectivity index (χ1) is 13.8. The number of carbonyl (C=O) groups is 2. The van der Waals surface area contributed by atoms with Crippen LogP contribution in [-0.2, 0) is 9.59 Å². The molecular formula is C20H22Cl2N4O3. The molecule has 0 radical (unpaired) electrons. The third kappa shape index (κ3) is 6.73. The van der Waals surface area contributed by atoms with Crippen molar-refractivity contribution < 1.29 is 14.7 Å². The van der Waals surface area contributed by atoms with E-state index < -0.39 is 11.9 Å². The fourth-order valence-corrected chi connectivity index (χ4v) is 2.92. The Kier molecular flexibility index (Phi) is 8.42. The number of hydrogen-bond acceptors (Lipinski definition) is 5. The van der Waals surface area contributed by atoms with E-state index in [1.807, 2.05) is 19.9 Å². The highest BCUT2D eigenvalue weighted by molar-refractivity contribution is 6.35. The summed E-state index contributed by atoms with van der Waals surface area (Å²) in [5.41, 5.74) is 2.16. The van der Waals surface area contributed by atoms with Crippen molar-refractivity contribution in [2.24, 2.45) is 10.2 Å². The molecule has 154 valence electrons. The predicted octanol–water partition coefficient (Wildman–Crippen LogP) is 6.06. The normalized spacial score (nSPS) is 10.9. The molecule has 9 heteroatoms. The van der Waals surface area contributed by atoms with E-state index in [4.69, 9.17) is 28.3 Å². The number of halogens is 2. The van der Waals surface area contributed by atoms with Crippen LogP contribution in [0.2, 0.25) is 10.0 Å². The third-order valence-corrected chi connectivity index (χ3v) is 4.68. The standard InChI is InChI=1S/C20H22Cl2N4O3/c1-3-26(4-2)14-6-8-16(18(12-14)23-19(27)9-10-20(28)29)24-25-17-11-13(21)5-7-15(17)22/h5-8,11-12H,3-4,9-10H2,1-2H3,(H,23,27)(H,28,29)/b25-24+. The summed E-state index contributed by atoms with van der Waals surface area (Å²) >= 11 is 12.1. The predicted molar refractivity (Wildman–Crippen MR) is 116 cm³/mol. The number of anilines is 2. The summed E-state index contributed by atoms with van der Waals surface area (Å²) in [6.45, 7) is 5.65. The van der Waals surface area contributed by atoms with E-state index in [1.54, 1.807) is 30.3 Å². The van der Waals surface area contributed by atoms with Crippen molar-refractivity contribution in [3.05, 3.63) is 46.4 Å². The van der Waals surface area contributed by atoms with Gasteiger partial charge < -0.3 is 15.3 Å². The number of azo groups is 1. The van der Waals surface area contributed by atoms with Crippen LogP contribution in [0, 0.1) is 0 Å². The van der Waals surface area contributed by atoms with Crippen molar-refractivity contribution in [2.75, 3.05) is 23.3 Å².